The molecule has 0 radical (unpaired) electrons. The number of hydrogen-bond acceptors (Lipinski definition) is 6. The summed E-state index contributed by atoms with van der Waals surface area (Å²) in [7, 11) is 0. The molecule has 0 spiro atoms. The van der Waals surface area contributed by atoms with Gasteiger partial charge in [-0.3, -0.25) is 20.4 Å². The van der Waals surface area contributed by atoms with E-state index < -0.39 is 0 Å². The fraction of sp³-hybridized carbons (Fsp3) is 0.350. The van der Waals surface area contributed by atoms with Crippen molar-refractivity contribution >= 4 is 23.3 Å². The summed E-state index contributed by atoms with van der Waals surface area (Å²) in [5, 5.41) is 7.21. The van der Waals surface area contributed by atoms with Crippen LogP contribution in [0.2, 0.25) is 0 Å². The first-order chi connectivity index (χ1) is 13.8. The summed E-state index contributed by atoms with van der Waals surface area (Å²) in [5.74, 6) is -0.0597. The molecule has 0 bridgehead atoms. The lowest BCUT2D eigenvalue weighted by Crippen LogP contribution is -2.44. The van der Waals surface area contributed by atoms with Crippen LogP contribution in [-0.4, -0.2) is 37.9 Å². The van der Waals surface area contributed by atoms with Gasteiger partial charge in [-0.2, -0.15) is 10.1 Å². The summed E-state index contributed by atoms with van der Waals surface area (Å²) in [5.41, 5.74) is 10.7. The number of benzene rings is 1. The summed E-state index contributed by atoms with van der Waals surface area (Å²) >= 11 is 0. The van der Waals surface area contributed by atoms with Crippen LogP contribution >= 0.6 is 0 Å². The molecule has 0 fully saturated rings. The molecule has 3 rings (SSSR count). The van der Waals surface area contributed by atoms with Gasteiger partial charge in [0.2, 0.25) is 5.91 Å². The maximum atomic E-state index is 12.1. The maximum Gasteiger partial charge on any atom is 0.257 e. The Hall–Kier alpha value is -3.49. The molecule has 2 heterocycles. The Labute approximate surface area is 168 Å². The van der Waals surface area contributed by atoms with Crippen LogP contribution in [0.5, 0.6) is 0 Å². The summed E-state index contributed by atoms with van der Waals surface area (Å²) in [4.78, 5) is 32.6. The molecule has 9 heteroatoms. The minimum Gasteiger partial charge on any atom is -0.376 e. The number of carbonyl (C=O) groups excluding carboxylic acids is 2. The topological polar surface area (TPSA) is 113 Å². The molecule has 152 valence electrons. The van der Waals surface area contributed by atoms with Crippen molar-refractivity contribution in [3.8, 4) is 0 Å². The zero-order chi connectivity index (χ0) is 21.0. The van der Waals surface area contributed by atoms with Crippen molar-refractivity contribution in [3.05, 3.63) is 52.6 Å². The minimum absolute atomic E-state index is 0.0648. The second-order valence-electron chi connectivity index (χ2n) is 7.00. The van der Waals surface area contributed by atoms with Crippen LogP contribution in [-0.2, 0) is 16.0 Å². The van der Waals surface area contributed by atoms with Gasteiger partial charge in [-0.05, 0) is 51.3 Å². The molecule has 0 aliphatic carbocycles. The summed E-state index contributed by atoms with van der Waals surface area (Å²) in [6.07, 6.45) is 2.16. The Morgan fingerprint density at radius 1 is 1.07 bits per heavy atom. The number of hydrazine groups is 1. The number of rotatable bonds is 6. The lowest BCUT2D eigenvalue weighted by Gasteiger charge is -2.12. The lowest BCUT2D eigenvalue weighted by atomic mass is 10.1. The van der Waals surface area contributed by atoms with E-state index in [1.54, 1.807) is 4.52 Å². The molecule has 0 unspecified atom stereocenters. The van der Waals surface area contributed by atoms with Crippen molar-refractivity contribution in [2.75, 3.05) is 11.9 Å². The van der Waals surface area contributed by atoms with Gasteiger partial charge in [-0.1, -0.05) is 17.7 Å². The van der Waals surface area contributed by atoms with Crippen LogP contribution in [0.25, 0.3) is 5.78 Å². The Balaban J connectivity index is 1.47. The quantitative estimate of drug-likeness (QED) is 0.546. The standard InChI is InChI=1S/C20H25N7O2/c1-12-5-7-17(13(2)9-12)21-10-19(29)26-25-18(28)8-6-16-14(3)24-20-22-11-23-27(20)15(16)4/h5,7,9,11,21H,6,8,10H2,1-4H3,(H,25,28)(H,26,29). The Morgan fingerprint density at radius 3 is 2.59 bits per heavy atom. The third kappa shape index (κ3) is 4.87. The van der Waals surface area contributed by atoms with Crippen LogP contribution in [0.15, 0.2) is 24.5 Å². The average Bonchev–Trinajstić information content (AvgIpc) is 3.14. The molecular weight excluding hydrogens is 370 g/mol. The second-order valence-corrected chi connectivity index (χ2v) is 7.00. The van der Waals surface area contributed by atoms with E-state index in [-0.39, 0.29) is 24.8 Å². The predicted octanol–water partition coefficient (Wildman–Crippen LogP) is 1.55. The van der Waals surface area contributed by atoms with Gasteiger partial charge >= 0.3 is 0 Å². The summed E-state index contributed by atoms with van der Waals surface area (Å²) in [6.45, 7) is 7.86. The van der Waals surface area contributed by atoms with Crippen LogP contribution < -0.4 is 16.2 Å². The molecule has 0 aliphatic heterocycles. The molecule has 2 aromatic heterocycles. The predicted molar refractivity (Wildman–Crippen MR) is 109 cm³/mol. The third-order valence-corrected chi connectivity index (χ3v) is 4.75. The highest BCUT2D eigenvalue weighted by Gasteiger charge is 2.13. The van der Waals surface area contributed by atoms with Crippen LogP contribution in [0, 0.1) is 27.7 Å². The number of nitrogens with zero attached hydrogens (tertiary/aromatic N) is 4. The average molecular weight is 395 g/mol. The summed E-state index contributed by atoms with van der Waals surface area (Å²) in [6, 6.07) is 5.95. The van der Waals surface area contributed by atoms with E-state index in [1.807, 2.05) is 45.9 Å². The molecule has 1 aromatic carbocycles. The number of hydrogen-bond donors (Lipinski definition) is 3. The van der Waals surface area contributed by atoms with Crippen molar-refractivity contribution in [2.45, 2.75) is 40.5 Å². The molecule has 9 nitrogen and oxygen atoms in total. The van der Waals surface area contributed by atoms with Crippen molar-refractivity contribution in [2.24, 2.45) is 0 Å². The molecule has 0 saturated heterocycles. The fourth-order valence-electron chi connectivity index (χ4n) is 3.19. The van der Waals surface area contributed by atoms with E-state index in [1.165, 1.54) is 6.33 Å². The molecule has 3 aromatic rings. The summed E-state index contributed by atoms with van der Waals surface area (Å²) < 4.78 is 1.65. The first-order valence-corrected chi connectivity index (χ1v) is 9.39. The van der Waals surface area contributed by atoms with Gasteiger partial charge in [-0.15, -0.1) is 0 Å². The van der Waals surface area contributed by atoms with Gasteiger partial charge in [0.15, 0.2) is 0 Å². The Morgan fingerprint density at radius 2 is 1.83 bits per heavy atom. The van der Waals surface area contributed by atoms with Crippen LogP contribution in [0.3, 0.4) is 0 Å². The minimum atomic E-state index is -0.323. The van der Waals surface area contributed by atoms with E-state index in [9.17, 15) is 9.59 Å². The fourth-order valence-corrected chi connectivity index (χ4v) is 3.19. The van der Waals surface area contributed by atoms with Gasteiger partial charge in [0.05, 0.1) is 6.54 Å². The van der Waals surface area contributed by atoms with Crippen molar-refractivity contribution in [1.82, 2.24) is 30.4 Å². The third-order valence-electron chi connectivity index (χ3n) is 4.75. The number of aromatic nitrogens is 4. The zero-order valence-electron chi connectivity index (χ0n) is 17.0. The van der Waals surface area contributed by atoms with E-state index in [0.29, 0.717) is 12.2 Å². The molecule has 3 N–H and O–H groups in total. The first kappa shape index (κ1) is 20.2. The number of anilines is 1. The van der Waals surface area contributed by atoms with Crippen LogP contribution in [0.1, 0.15) is 34.5 Å². The molecule has 0 saturated carbocycles. The zero-order valence-corrected chi connectivity index (χ0v) is 17.0. The van der Waals surface area contributed by atoms with E-state index >= 15 is 0 Å². The number of carbonyl (C=O) groups is 2. The van der Waals surface area contributed by atoms with Gasteiger partial charge in [0.25, 0.3) is 11.7 Å². The highest BCUT2D eigenvalue weighted by atomic mass is 16.2. The number of fused-ring (bicyclic) bond motifs is 1. The van der Waals surface area contributed by atoms with E-state index in [4.69, 9.17) is 0 Å². The number of aryl methyl sites for hydroxylation is 4. The SMILES string of the molecule is Cc1ccc(NCC(=O)NNC(=O)CCc2c(C)nc3ncnn3c2C)c(C)c1. The highest BCUT2D eigenvalue weighted by Crippen LogP contribution is 2.16. The van der Waals surface area contributed by atoms with Gasteiger partial charge in [-0.25, -0.2) is 9.50 Å². The van der Waals surface area contributed by atoms with Crippen molar-refractivity contribution < 1.29 is 9.59 Å². The van der Waals surface area contributed by atoms with Gasteiger partial charge in [0.1, 0.15) is 6.33 Å². The number of amides is 2. The second kappa shape index (κ2) is 8.68. The molecule has 29 heavy (non-hydrogen) atoms. The van der Waals surface area contributed by atoms with E-state index in [0.717, 1.165) is 33.8 Å². The Kier molecular flexibility index (Phi) is 6.06. The molecule has 2 amide bonds. The van der Waals surface area contributed by atoms with E-state index in [2.05, 4.69) is 31.2 Å². The smallest absolute Gasteiger partial charge is 0.257 e. The van der Waals surface area contributed by atoms with Crippen molar-refractivity contribution in [3.63, 3.8) is 0 Å². The normalized spacial score (nSPS) is 10.8. The maximum absolute atomic E-state index is 12.1. The molecule has 0 atom stereocenters. The molecular formula is C20H25N7O2. The van der Waals surface area contributed by atoms with Gasteiger partial charge < -0.3 is 5.32 Å². The molecule has 0 aliphatic rings. The first-order valence-electron chi connectivity index (χ1n) is 9.39. The number of nitrogens with one attached hydrogen (secondary N) is 3. The van der Waals surface area contributed by atoms with Gasteiger partial charge in [0, 0.05) is 23.5 Å². The van der Waals surface area contributed by atoms with Crippen molar-refractivity contribution in [1.29, 1.82) is 0 Å². The monoisotopic (exact) mass is 395 g/mol. The largest absolute Gasteiger partial charge is 0.376 e. The van der Waals surface area contributed by atoms with Crippen LogP contribution in [0.4, 0.5) is 5.69 Å². The Bertz CT molecular complexity index is 1060. The lowest BCUT2D eigenvalue weighted by molar-refractivity contribution is -0.128. The highest BCUT2D eigenvalue weighted by molar-refractivity contribution is 5.84.